The van der Waals surface area contributed by atoms with Crippen molar-refractivity contribution >= 4 is 29.1 Å². The number of phenols is 1. The molecule has 2 N–H and O–H groups in total. The highest BCUT2D eigenvalue weighted by molar-refractivity contribution is 8.00. The Balaban J connectivity index is 1.58. The maximum atomic E-state index is 12.8. The lowest BCUT2D eigenvalue weighted by Gasteiger charge is -2.14. The van der Waals surface area contributed by atoms with Crippen molar-refractivity contribution in [2.45, 2.75) is 24.3 Å². The molecular formula is C25H22N4O3S. The van der Waals surface area contributed by atoms with Crippen molar-refractivity contribution in [3.8, 4) is 22.8 Å². The molecule has 3 aromatic carbocycles. The molecular weight excluding hydrogens is 436 g/mol. The summed E-state index contributed by atoms with van der Waals surface area (Å²) in [6, 6.07) is 23.2. The number of hydrogen-bond donors (Lipinski definition) is 2. The fourth-order valence-electron chi connectivity index (χ4n) is 3.20. The van der Waals surface area contributed by atoms with Gasteiger partial charge in [0.15, 0.2) is 16.8 Å². The summed E-state index contributed by atoms with van der Waals surface area (Å²) in [7, 11) is 0. The van der Waals surface area contributed by atoms with Gasteiger partial charge in [-0.1, -0.05) is 30.0 Å². The van der Waals surface area contributed by atoms with E-state index in [1.54, 1.807) is 55.5 Å². The van der Waals surface area contributed by atoms with E-state index in [9.17, 15) is 14.7 Å². The van der Waals surface area contributed by atoms with Gasteiger partial charge in [0.2, 0.25) is 5.91 Å². The van der Waals surface area contributed by atoms with Crippen molar-refractivity contribution in [3.05, 3.63) is 84.4 Å². The van der Waals surface area contributed by atoms with E-state index in [4.69, 9.17) is 0 Å². The van der Waals surface area contributed by atoms with Gasteiger partial charge in [0.25, 0.3) is 0 Å². The molecule has 8 heteroatoms. The minimum Gasteiger partial charge on any atom is -0.508 e. The largest absolute Gasteiger partial charge is 0.508 e. The van der Waals surface area contributed by atoms with E-state index in [1.165, 1.54) is 18.7 Å². The van der Waals surface area contributed by atoms with Gasteiger partial charge in [-0.05, 0) is 74.5 Å². The van der Waals surface area contributed by atoms with E-state index in [-0.39, 0.29) is 17.4 Å². The average Bonchev–Trinajstić information content (AvgIpc) is 3.23. The number of nitrogens with zero attached hydrogens (tertiary/aromatic N) is 3. The summed E-state index contributed by atoms with van der Waals surface area (Å²) < 4.78 is 1.89. The molecule has 0 spiro atoms. The lowest BCUT2D eigenvalue weighted by Crippen LogP contribution is -2.23. The van der Waals surface area contributed by atoms with Crippen LogP contribution in [-0.2, 0) is 4.79 Å². The zero-order valence-corrected chi connectivity index (χ0v) is 18.9. The van der Waals surface area contributed by atoms with Crippen molar-refractivity contribution in [2.75, 3.05) is 5.32 Å². The molecule has 7 nitrogen and oxygen atoms in total. The van der Waals surface area contributed by atoms with Crippen LogP contribution in [0.3, 0.4) is 0 Å². The molecule has 0 radical (unpaired) electrons. The smallest absolute Gasteiger partial charge is 0.237 e. The Kier molecular flexibility index (Phi) is 6.55. The lowest BCUT2D eigenvalue weighted by molar-refractivity contribution is -0.115. The van der Waals surface area contributed by atoms with Crippen molar-refractivity contribution < 1.29 is 14.7 Å². The summed E-state index contributed by atoms with van der Waals surface area (Å²) >= 11 is 1.29. The molecule has 1 amide bonds. The van der Waals surface area contributed by atoms with Crippen LogP contribution in [0, 0.1) is 0 Å². The molecule has 0 fully saturated rings. The van der Waals surface area contributed by atoms with E-state index in [1.807, 2.05) is 34.9 Å². The third kappa shape index (κ3) is 5.12. The Bertz CT molecular complexity index is 1270. The minimum absolute atomic E-state index is 0.0264. The van der Waals surface area contributed by atoms with E-state index >= 15 is 0 Å². The van der Waals surface area contributed by atoms with Crippen LogP contribution in [0.5, 0.6) is 5.75 Å². The van der Waals surface area contributed by atoms with Crippen LogP contribution in [0.15, 0.2) is 84.0 Å². The predicted molar refractivity (Wildman–Crippen MR) is 129 cm³/mol. The Morgan fingerprint density at radius 1 is 0.939 bits per heavy atom. The summed E-state index contributed by atoms with van der Waals surface area (Å²) in [5, 5.41) is 21.3. The number of aromatic nitrogens is 3. The second kappa shape index (κ2) is 9.70. The summed E-state index contributed by atoms with van der Waals surface area (Å²) in [6.45, 7) is 3.30. The summed E-state index contributed by atoms with van der Waals surface area (Å²) in [4.78, 5) is 24.3. The van der Waals surface area contributed by atoms with Crippen molar-refractivity contribution in [1.29, 1.82) is 0 Å². The third-order valence-corrected chi connectivity index (χ3v) is 6.03. The molecule has 33 heavy (non-hydrogen) atoms. The van der Waals surface area contributed by atoms with E-state index in [0.29, 0.717) is 22.2 Å². The molecule has 0 saturated carbocycles. The first-order valence-corrected chi connectivity index (χ1v) is 11.2. The second-order valence-electron chi connectivity index (χ2n) is 7.41. The predicted octanol–water partition coefficient (Wildman–Crippen LogP) is 4.96. The van der Waals surface area contributed by atoms with Gasteiger partial charge in [0.05, 0.1) is 5.25 Å². The normalized spacial score (nSPS) is 11.7. The highest BCUT2D eigenvalue weighted by atomic mass is 32.2. The third-order valence-electron chi connectivity index (χ3n) is 4.98. The molecule has 0 aliphatic rings. The first-order valence-electron chi connectivity index (χ1n) is 10.3. The van der Waals surface area contributed by atoms with Crippen LogP contribution < -0.4 is 5.32 Å². The Morgan fingerprint density at radius 2 is 1.61 bits per heavy atom. The number of benzene rings is 3. The lowest BCUT2D eigenvalue weighted by atomic mass is 10.1. The van der Waals surface area contributed by atoms with Crippen molar-refractivity contribution in [2.24, 2.45) is 0 Å². The Hall–Kier alpha value is -3.91. The molecule has 166 valence electrons. The Morgan fingerprint density at radius 3 is 2.24 bits per heavy atom. The molecule has 0 aliphatic heterocycles. The van der Waals surface area contributed by atoms with Crippen molar-refractivity contribution in [1.82, 2.24) is 14.8 Å². The summed E-state index contributed by atoms with van der Waals surface area (Å²) in [5.74, 6) is 0.558. The number of nitrogens with one attached hydrogen (secondary N) is 1. The van der Waals surface area contributed by atoms with Crippen LogP contribution in [-0.4, -0.2) is 36.8 Å². The van der Waals surface area contributed by atoms with Gasteiger partial charge >= 0.3 is 0 Å². The number of anilines is 1. The van der Waals surface area contributed by atoms with Gasteiger partial charge in [0, 0.05) is 22.5 Å². The van der Waals surface area contributed by atoms with E-state index in [2.05, 4.69) is 15.5 Å². The van der Waals surface area contributed by atoms with Crippen LogP contribution in [0.2, 0.25) is 0 Å². The molecule has 4 rings (SSSR count). The number of Topliss-reactive ketones (excluding diaryl/α,β-unsaturated/α-hetero) is 1. The topological polar surface area (TPSA) is 97.1 Å². The minimum atomic E-state index is -0.461. The molecule has 1 heterocycles. The van der Waals surface area contributed by atoms with Gasteiger partial charge in [-0.25, -0.2) is 0 Å². The maximum Gasteiger partial charge on any atom is 0.237 e. The molecule has 1 atom stereocenters. The molecule has 1 aromatic heterocycles. The summed E-state index contributed by atoms with van der Waals surface area (Å²) in [6.07, 6.45) is 0. The number of carbonyl (C=O) groups excluding carboxylic acids is 2. The number of hydrogen-bond acceptors (Lipinski definition) is 6. The van der Waals surface area contributed by atoms with Gasteiger partial charge < -0.3 is 10.4 Å². The fourth-order valence-corrected chi connectivity index (χ4v) is 4.06. The van der Waals surface area contributed by atoms with Crippen LogP contribution in [0.1, 0.15) is 24.2 Å². The van der Waals surface area contributed by atoms with Crippen LogP contribution in [0.4, 0.5) is 5.69 Å². The highest BCUT2D eigenvalue weighted by Crippen LogP contribution is 2.31. The van der Waals surface area contributed by atoms with Gasteiger partial charge in [-0.2, -0.15) is 0 Å². The first-order chi connectivity index (χ1) is 15.9. The summed E-state index contributed by atoms with van der Waals surface area (Å²) in [5.41, 5.74) is 2.86. The number of aromatic hydroxyl groups is 1. The number of phenolic OH excluding ortho intramolecular Hbond substituents is 1. The van der Waals surface area contributed by atoms with Gasteiger partial charge in [0.1, 0.15) is 5.75 Å². The van der Waals surface area contributed by atoms with E-state index < -0.39 is 5.25 Å². The van der Waals surface area contributed by atoms with E-state index in [0.717, 1.165) is 11.3 Å². The maximum absolute atomic E-state index is 12.8. The van der Waals surface area contributed by atoms with Gasteiger partial charge in [-0.15, -0.1) is 10.2 Å². The molecule has 4 aromatic rings. The fraction of sp³-hybridized carbons (Fsp3) is 0.120. The number of rotatable bonds is 7. The number of amides is 1. The van der Waals surface area contributed by atoms with Crippen LogP contribution >= 0.6 is 11.8 Å². The number of para-hydroxylation sites is 1. The molecule has 0 unspecified atom stereocenters. The van der Waals surface area contributed by atoms with Gasteiger partial charge in [-0.3, -0.25) is 14.2 Å². The SMILES string of the molecule is CC(=O)c1ccc(NC(=O)[C@@H](C)Sc2nnc(-c3ccc(O)cc3)n2-c2ccccc2)cc1. The number of carbonyl (C=O) groups is 2. The molecule has 0 saturated heterocycles. The highest BCUT2D eigenvalue weighted by Gasteiger charge is 2.22. The zero-order valence-electron chi connectivity index (χ0n) is 18.1. The standard InChI is InChI=1S/C25H22N4O3S/c1-16(30)18-8-12-20(13-9-18)26-24(32)17(2)33-25-28-27-23(19-10-14-22(31)15-11-19)29(25)21-6-4-3-5-7-21/h3-15,17,31H,1-2H3,(H,26,32)/t17-/m1/s1. The zero-order chi connectivity index (χ0) is 23.4. The number of ketones is 1. The molecule has 0 aliphatic carbocycles. The van der Waals surface area contributed by atoms with Crippen LogP contribution in [0.25, 0.3) is 17.1 Å². The van der Waals surface area contributed by atoms with Crippen molar-refractivity contribution in [3.63, 3.8) is 0 Å². The monoisotopic (exact) mass is 458 g/mol. The average molecular weight is 459 g/mol. The Labute approximate surface area is 195 Å². The molecule has 0 bridgehead atoms. The second-order valence-corrected chi connectivity index (χ2v) is 8.71. The first kappa shape index (κ1) is 22.3. The quantitative estimate of drug-likeness (QED) is 0.300. The number of thioether (sulfide) groups is 1.